The van der Waals surface area contributed by atoms with Crippen LogP contribution in [0.1, 0.15) is 27.2 Å². The SMILES string of the molecule is Cc1ccc(-c2c(C(=O)O)nnn2-c2cc(C)cc(C)c2)cc1. The highest BCUT2D eigenvalue weighted by atomic mass is 16.4. The Hall–Kier alpha value is -2.95. The second kappa shape index (κ2) is 5.68. The molecule has 3 aromatic rings. The molecule has 1 heterocycles. The summed E-state index contributed by atoms with van der Waals surface area (Å²) in [6.45, 7) is 5.98. The van der Waals surface area contributed by atoms with Crippen molar-refractivity contribution in [2.24, 2.45) is 0 Å². The molecule has 1 aromatic heterocycles. The number of carboxylic acids is 1. The Bertz CT molecular complexity index is 860. The molecule has 0 radical (unpaired) electrons. The Morgan fingerprint density at radius 2 is 1.57 bits per heavy atom. The third-order valence-corrected chi connectivity index (χ3v) is 3.65. The molecule has 1 N–H and O–H groups in total. The van der Waals surface area contributed by atoms with E-state index in [1.807, 2.05) is 57.2 Å². The van der Waals surface area contributed by atoms with Crippen LogP contribution in [0.3, 0.4) is 0 Å². The predicted molar refractivity (Wildman–Crippen MR) is 88.0 cm³/mol. The number of aromatic nitrogens is 3. The molecular formula is C18H17N3O2. The number of nitrogens with zero attached hydrogens (tertiary/aromatic N) is 3. The minimum Gasteiger partial charge on any atom is -0.476 e. The summed E-state index contributed by atoms with van der Waals surface area (Å²) in [7, 11) is 0. The number of carboxylic acid groups (broad SMARTS) is 1. The maximum Gasteiger partial charge on any atom is 0.358 e. The molecule has 2 aromatic carbocycles. The van der Waals surface area contributed by atoms with E-state index >= 15 is 0 Å². The monoisotopic (exact) mass is 307 g/mol. The molecule has 23 heavy (non-hydrogen) atoms. The van der Waals surface area contributed by atoms with Crippen molar-refractivity contribution in [3.63, 3.8) is 0 Å². The second-order valence-corrected chi connectivity index (χ2v) is 5.72. The molecule has 0 fully saturated rings. The Morgan fingerprint density at radius 3 is 2.13 bits per heavy atom. The number of aryl methyl sites for hydroxylation is 3. The van der Waals surface area contributed by atoms with Crippen molar-refractivity contribution in [2.75, 3.05) is 0 Å². The largest absolute Gasteiger partial charge is 0.476 e. The summed E-state index contributed by atoms with van der Waals surface area (Å²) in [6.07, 6.45) is 0. The molecule has 0 saturated heterocycles. The van der Waals surface area contributed by atoms with Crippen LogP contribution >= 0.6 is 0 Å². The summed E-state index contributed by atoms with van der Waals surface area (Å²) in [5.74, 6) is -1.09. The van der Waals surface area contributed by atoms with Gasteiger partial charge in [0, 0.05) is 5.56 Å². The normalized spacial score (nSPS) is 10.7. The molecular weight excluding hydrogens is 290 g/mol. The number of benzene rings is 2. The number of hydrogen-bond acceptors (Lipinski definition) is 3. The molecule has 116 valence electrons. The zero-order valence-electron chi connectivity index (χ0n) is 13.2. The van der Waals surface area contributed by atoms with Crippen molar-refractivity contribution in [1.29, 1.82) is 0 Å². The first-order valence-electron chi connectivity index (χ1n) is 7.30. The van der Waals surface area contributed by atoms with Gasteiger partial charge >= 0.3 is 5.97 Å². The minimum absolute atomic E-state index is 0.0481. The smallest absolute Gasteiger partial charge is 0.358 e. The fourth-order valence-electron chi connectivity index (χ4n) is 2.65. The van der Waals surface area contributed by atoms with Crippen LogP contribution in [0, 0.1) is 20.8 Å². The number of carbonyl (C=O) groups is 1. The van der Waals surface area contributed by atoms with Crippen molar-refractivity contribution < 1.29 is 9.90 Å². The van der Waals surface area contributed by atoms with Gasteiger partial charge in [-0.3, -0.25) is 0 Å². The molecule has 0 aliphatic carbocycles. The van der Waals surface area contributed by atoms with E-state index in [0.717, 1.165) is 27.9 Å². The summed E-state index contributed by atoms with van der Waals surface area (Å²) in [6, 6.07) is 13.7. The van der Waals surface area contributed by atoms with Crippen LogP contribution in [0.5, 0.6) is 0 Å². The lowest BCUT2D eigenvalue weighted by molar-refractivity contribution is 0.0691. The van der Waals surface area contributed by atoms with Gasteiger partial charge in [0.1, 0.15) is 5.69 Å². The topological polar surface area (TPSA) is 68.0 Å². The third-order valence-electron chi connectivity index (χ3n) is 3.65. The van der Waals surface area contributed by atoms with E-state index in [0.29, 0.717) is 5.69 Å². The third kappa shape index (κ3) is 2.85. The van der Waals surface area contributed by atoms with E-state index in [9.17, 15) is 9.90 Å². The zero-order chi connectivity index (χ0) is 16.6. The average Bonchev–Trinajstić information content (AvgIpc) is 2.92. The van der Waals surface area contributed by atoms with Crippen molar-refractivity contribution in [1.82, 2.24) is 15.0 Å². The summed E-state index contributed by atoms with van der Waals surface area (Å²) < 4.78 is 1.59. The number of hydrogen-bond donors (Lipinski definition) is 1. The van der Waals surface area contributed by atoms with Crippen molar-refractivity contribution in [3.8, 4) is 16.9 Å². The van der Waals surface area contributed by atoms with Gasteiger partial charge in [-0.15, -0.1) is 5.10 Å². The van der Waals surface area contributed by atoms with Crippen molar-refractivity contribution >= 4 is 5.97 Å². The Kier molecular flexibility index (Phi) is 3.70. The van der Waals surface area contributed by atoms with Gasteiger partial charge in [-0.25, -0.2) is 9.48 Å². The van der Waals surface area contributed by atoms with Gasteiger partial charge in [0.2, 0.25) is 0 Å². The highest BCUT2D eigenvalue weighted by Crippen LogP contribution is 2.26. The summed E-state index contributed by atoms with van der Waals surface area (Å²) in [4.78, 5) is 11.5. The fraction of sp³-hybridized carbons (Fsp3) is 0.167. The molecule has 0 aliphatic heterocycles. The van der Waals surface area contributed by atoms with E-state index in [1.54, 1.807) is 4.68 Å². The molecule has 0 bridgehead atoms. The van der Waals surface area contributed by atoms with Crippen LogP contribution in [0.25, 0.3) is 16.9 Å². The van der Waals surface area contributed by atoms with E-state index < -0.39 is 5.97 Å². The fourth-order valence-corrected chi connectivity index (χ4v) is 2.65. The predicted octanol–water partition coefficient (Wildman–Crippen LogP) is 3.56. The van der Waals surface area contributed by atoms with Gasteiger partial charge < -0.3 is 5.11 Å². The van der Waals surface area contributed by atoms with E-state index in [2.05, 4.69) is 16.4 Å². The van der Waals surface area contributed by atoms with Crippen LogP contribution in [0.2, 0.25) is 0 Å². The molecule has 0 saturated carbocycles. The lowest BCUT2D eigenvalue weighted by atomic mass is 10.1. The highest BCUT2D eigenvalue weighted by Gasteiger charge is 2.21. The van der Waals surface area contributed by atoms with Gasteiger partial charge in [0.25, 0.3) is 0 Å². The summed E-state index contributed by atoms with van der Waals surface area (Å²) >= 11 is 0. The zero-order valence-corrected chi connectivity index (χ0v) is 13.2. The molecule has 0 aliphatic rings. The molecule has 0 unspecified atom stereocenters. The Balaban J connectivity index is 2.26. The quantitative estimate of drug-likeness (QED) is 0.803. The Labute approximate surface area is 134 Å². The maximum atomic E-state index is 11.5. The van der Waals surface area contributed by atoms with Crippen LogP contribution in [0.4, 0.5) is 0 Å². The first-order chi connectivity index (χ1) is 11.0. The second-order valence-electron chi connectivity index (χ2n) is 5.72. The molecule has 0 atom stereocenters. The first-order valence-corrected chi connectivity index (χ1v) is 7.30. The highest BCUT2D eigenvalue weighted by molar-refractivity contribution is 5.93. The van der Waals surface area contributed by atoms with Gasteiger partial charge in [-0.05, 0) is 44.0 Å². The number of aromatic carboxylic acids is 1. The van der Waals surface area contributed by atoms with E-state index in [1.165, 1.54) is 0 Å². The van der Waals surface area contributed by atoms with E-state index in [4.69, 9.17) is 0 Å². The first kappa shape index (κ1) is 15.0. The van der Waals surface area contributed by atoms with Gasteiger partial charge in [-0.2, -0.15) is 0 Å². The molecule has 5 heteroatoms. The van der Waals surface area contributed by atoms with Crippen LogP contribution in [0.15, 0.2) is 42.5 Å². The van der Waals surface area contributed by atoms with Gasteiger partial charge in [-0.1, -0.05) is 41.1 Å². The molecule has 5 nitrogen and oxygen atoms in total. The van der Waals surface area contributed by atoms with Gasteiger partial charge in [0.05, 0.1) is 5.69 Å². The maximum absolute atomic E-state index is 11.5. The minimum atomic E-state index is -1.09. The number of rotatable bonds is 3. The molecule has 0 spiro atoms. The standard InChI is InChI=1S/C18H17N3O2/c1-11-4-6-14(7-5-11)17-16(18(22)23)19-20-21(17)15-9-12(2)8-13(3)10-15/h4-10H,1-3H3,(H,22,23). The molecule has 3 rings (SSSR count). The Morgan fingerprint density at radius 1 is 0.957 bits per heavy atom. The van der Waals surface area contributed by atoms with Crippen LogP contribution in [-0.2, 0) is 0 Å². The van der Waals surface area contributed by atoms with Crippen molar-refractivity contribution in [3.05, 3.63) is 64.8 Å². The summed E-state index contributed by atoms with van der Waals surface area (Å²) in [5.41, 5.74) is 5.30. The van der Waals surface area contributed by atoms with Crippen LogP contribution in [-0.4, -0.2) is 26.1 Å². The van der Waals surface area contributed by atoms with Crippen molar-refractivity contribution in [2.45, 2.75) is 20.8 Å². The lowest BCUT2D eigenvalue weighted by Crippen LogP contribution is -2.03. The summed E-state index contributed by atoms with van der Waals surface area (Å²) in [5, 5.41) is 17.4. The lowest BCUT2D eigenvalue weighted by Gasteiger charge is -2.09. The molecule has 0 amide bonds. The average molecular weight is 307 g/mol. The van der Waals surface area contributed by atoms with E-state index in [-0.39, 0.29) is 5.69 Å². The van der Waals surface area contributed by atoms with Gasteiger partial charge in [0.15, 0.2) is 5.69 Å². The van der Waals surface area contributed by atoms with Crippen LogP contribution < -0.4 is 0 Å².